The molecule has 4 atom stereocenters. The van der Waals surface area contributed by atoms with Crippen molar-refractivity contribution >= 4 is 5.97 Å². The highest BCUT2D eigenvalue weighted by atomic mass is 16.5. The maximum atomic E-state index is 12.5. The number of hydrogen-bond acceptors (Lipinski definition) is 7. The van der Waals surface area contributed by atoms with Gasteiger partial charge in [0.1, 0.15) is 0 Å². The van der Waals surface area contributed by atoms with Gasteiger partial charge in [0.05, 0.1) is 39.9 Å². The van der Waals surface area contributed by atoms with Crippen LogP contribution in [0, 0.1) is 11.8 Å². The van der Waals surface area contributed by atoms with Crippen LogP contribution >= 0.6 is 0 Å². The SMILES string of the molecule is CCN1CCc2cc(OC)c(OC)cc2C1[C@H]1C[C@H](C(=O)O)CC[C@]12c1cc(OC)c(OC)cc1CCN2CC. The van der Waals surface area contributed by atoms with Crippen LogP contribution in [0.3, 0.4) is 0 Å². The molecule has 0 amide bonds. The zero-order valence-electron chi connectivity index (χ0n) is 24.8. The van der Waals surface area contributed by atoms with Gasteiger partial charge in [-0.3, -0.25) is 14.6 Å². The molecule has 1 unspecified atom stereocenters. The number of rotatable bonds is 8. The molecule has 0 aromatic heterocycles. The van der Waals surface area contributed by atoms with Gasteiger partial charge in [-0.05, 0) is 91.7 Å². The van der Waals surface area contributed by atoms with Crippen molar-refractivity contribution in [1.29, 1.82) is 0 Å². The molecule has 40 heavy (non-hydrogen) atoms. The lowest BCUT2D eigenvalue weighted by atomic mass is 9.58. The molecule has 2 aliphatic heterocycles. The number of benzene rings is 2. The summed E-state index contributed by atoms with van der Waals surface area (Å²) in [6.45, 7) is 8.05. The molecule has 2 aromatic carbocycles. The predicted octanol–water partition coefficient (Wildman–Crippen LogP) is 4.91. The highest BCUT2D eigenvalue weighted by Gasteiger charge is 2.56. The van der Waals surface area contributed by atoms with Gasteiger partial charge in [0.2, 0.25) is 0 Å². The number of carboxylic acids is 1. The van der Waals surface area contributed by atoms with E-state index in [1.165, 1.54) is 22.3 Å². The van der Waals surface area contributed by atoms with E-state index in [1.54, 1.807) is 28.4 Å². The summed E-state index contributed by atoms with van der Waals surface area (Å²) in [5, 5.41) is 10.3. The van der Waals surface area contributed by atoms with E-state index < -0.39 is 5.97 Å². The highest BCUT2D eigenvalue weighted by molar-refractivity contribution is 5.70. The normalized spacial score (nSPS) is 26.6. The number of fused-ring (bicyclic) bond motifs is 3. The molecule has 8 nitrogen and oxygen atoms in total. The van der Waals surface area contributed by atoms with E-state index in [1.807, 2.05) is 0 Å². The summed E-state index contributed by atoms with van der Waals surface area (Å²) in [5.41, 5.74) is 4.67. The third-order valence-electron chi connectivity index (χ3n) is 9.86. The molecule has 1 saturated carbocycles. The molecule has 1 N–H and O–H groups in total. The Hall–Kier alpha value is -2.97. The summed E-state index contributed by atoms with van der Waals surface area (Å²) in [4.78, 5) is 17.7. The van der Waals surface area contributed by atoms with E-state index in [-0.39, 0.29) is 23.4 Å². The van der Waals surface area contributed by atoms with Gasteiger partial charge in [-0.15, -0.1) is 0 Å². The summed E-state index contributed by atoms with van der Waals surface area (Å²) < 4.78 is 23.0. The van der Waals surface area contributed by atoms with E-state index in [4.69, 9.17) is 18.9 Å². The fourth-order valence-corrected chi connectivity index (χ4v) is 7.99. The summed E-state index contributed by atoms with van der Waals surface area (Å²) in [7, 11) is 6.72. The zero-order chi connectivity index (χ0) is 28.6. The Labute approximate surface area is 238 Å². The van der Waals surface area contributed by atoms with E-state index >= 15 is 0 Å². The third kappa shape index (κ3) is 4.49. The number of likely N-dealkylation sites (N-methyl/N-ethyl adjacent to an activating group) is 2. The second kappa shape index (κ2) is 11.5. The molecule has 2 heterocycles. The van der Waals surface area contributed by atoms with Crippen molar-refractivity contribution in [2.45, 2.75) is 57.5 Å². The largest absolute Gasteiger partial charge is 0.493 e. The van der Waals surface area contributed by atoms with Gasteiger partial charge in [0.15, 0.2) is 23.0 Å². The smallest absolute Gasteiger partial charge is 0.306 e. The fourth-order valence-electron chi connectivity index (χ4n) is 7.99. The maximum Gasteiger partial charge on any atom is 0.306 e. The summed E-state index contributed by atoms with van der Waals surface area (Å²) in [6, 6.07) is 8.62. The zero-order valence-corrected chi connectivity index (χ0v) is 24.8. The number of nitrogens with zero attached hydrogens (tertiary/aromatic N) is 2. The molecule has 0 radical (unpaired) electrons. The number of carbonyl (C=O) groups is 1. The quantitative estimate of drug-likeness (QED) is 0.495. The Kier molecular flexibility index (Phi) is 8.20. The molecule has 5 rings (SSSR count). The minimum absolute atomic E-state index is 0.0313. The van der Waals surface area contributed by atoms with Crippen molar-refractivity contribution in [2.75, 3.05) is 54.6 Å². The second-order valence-electron chi connectivity index (χ2n) is 11.3. The number of carboxylic acid groups (broad SMARTS) is 1. The Bertz CT molecular complexity index is 1250. The summed E-state index contributed by atoms with van der Waals surface area (Å²) >= 11 is 0. The Morgan fingerprint density at radius 3 is 2.08 bits per heavy atom. The molecule has 0 bridgehead atoms. The van der Waals surface area contributed by atoms with Gasteiger partial charge < -0.3 is 24.1 Å². The highest BCUT2D eigenvalue weighted by Crippen LogP contribution is 2.58. The van der Waals surface area contributed by atoms with Crippen molar-refractivity contribution in [3.05, 3.63) is 46.5 Å². The van der Waals surface area contributed by atoms with Crippen LogP contribution < -0.4 is 18.9 Å². The molecule has 8 heteroatoms. The van der Waals surface area contributed by atoms with Crippen LogP contribution in [-0.4, -0.2) is 75.5 Å². The van der Waals surface area contributed by atoms with Gasteiger partial charge in [-0.2, -0.15) is 0 Å². The van der Waals surface area contributed by atoms with Gasteiger partial charge in [0.25, 0.3) is 0 Å². The van der Waals surface area contributed by atoms with Crippen LogP contribution in [0.1, 0.15) is 61.4 Å². The van der Waals surface area contributed by atoms with Crippen LogP contribution in [-0.2, 0) is 23.2 Å². The van der Waals surface area contributed by atoms with Crippen molar-refractivity contribution in [3.8, 4) is 23.0 Å². The van der Waals surface area contributed by atoms with E-state index in [0.29, 0.717) is 18.6 Å². The van der Waals surface area contributed by atoms with Crippen LogP contribution in [0.15, 0.2) is 24.3 Å². The average Bonchev–Trinajstić information content (AvgIpc) is 2.99. The summed E-state index contributed by atoms with van der Waals surface area (Å²) in [6.07, 6.45) is 3.87. The Balaban J connectivity index is 1.77. The number of aliphatic carboxylic acids is 1. The lowest BCUT2D eigenvalue weighted by Crippen LogP contribution is -2.61. The lowest BCUT2D eigenvalue weighted by Gasteiger charge is -2.59. The Morgan fingerprint density at radius 2 is 1.48 bits per heavy atom. The van der Waals surface area contributed by atoms with Gasteiger partial charge in [-0.1, -0.05) is 13.8 Å². The molecule has 0 saturated heterocycles. The van der Waals surface area contributed by atoms with Gasteiger partial charge >= 0.3 is 5.97 Å². The second-order valence-corrected chi connectivity index (χ2v) is 11.3. The van der Waals surface area contributed by atoms with Crippen molar-refractivity contribution in [3.63, 3.8) is 0 Å². The molecular weight excluding hydrogens is 508 g/mol. The molecule has 218 valence electrons. The van der Waals surface area contributed by atoms with Gasteiger partial charge in [0, 0.05) is 25.0 Å². The van der Waals surface area contributed by atoms with Crippen molar-refractivity contribution < 1.29 is 28.8 Å². The predicted molar refractivity (Wildman–Crippen MR) is 154 cm³/mol. The third-order valence-corrected chi connectivity index (χ3v) is 9.86. The number of ether oxygens (including phenoxy) is 4. The first-order chi connectivity index (χ1) is 19.4. The van der Waals surface area contributed by atoms with Crippen LogP contribution in [0.2, 0.25) is 0 Å². The first-order valence-electron chi connectivity index (χ1n) is 14.6. The van der Waals surface area contributed by atoms with E-state index in [9.17, 15) is 9.90 Å². The molecule has 1 spiro atoms. The van der Waals surface area contributed by atoms with Crippen LogP contribution in [0.4, 0.5) is 0 Å². The van der Waals surface area contributed by atoms with Crippen molar-refractivity contribution in [2.24, 2.45) is 11.8 Å². The standard InChI is InChI=1S/C32H44N2O6/c1-7-33-13-10-20-16-26(37-3)28(39-5)18-23(20)30(33)25-15-22(31(35)36)9-12-32(25)24-19-29(40-6)27(38-4)17-21(24)11-14-34(32)8-2/h16-19,22,25,30H,7-15H2,1-6H3,(H,35,36)/t22-,25-,30?,32+/m1/s1. The molecule has 1 aliphatic carbocycles. The first kappa shape index (κ1) is 28.6. The first-order valence-corrected chi connectivity index (χ1v) is 14.6. The Morgan fingerprint density at radius 1 is 0.875 bits per heavy atom. The average molecular weight is 553 g/mol. The minimum atomic E-state index is -0.697. The van der Waals surface area contributed by atoms with E-state index in [0.717, 1.165) is 62.7 Å². The van der Waals surface area contributed by atoms with Gasteiger partial charge in [-0.25, -0.2) is 0 Å². The van der Waals surface area contributed by atoms with Crippen LogP contribution in [0.5, 0.6) is 23.0 Å². The van der Waals surface area contributed by atoms with Crippen molar-refractivity contribution in [1.82, 2.24) is 9.80 Å². The minimum Gasteiger partial charge on any atom is -0.493 e. The lowest BCUT2D eigenvalue weighted by molar-refractivity contribution is -0.148. The molecular formula is C32H44N2O6. The summed E-state index contributed by atoms with van der Waals surface area (Å²) in [5.74, 6) is 1.87. The van der Waals surface area contributed by atoms with E-state index in [2.05, 4.69) is 47.9 Å². The molecule has 1 fully saturated rings. The molecule has 2 aromatic rings. The maximum absolute atomic E-state index is 12.5. The monoisotopic (exact) mass is 552 g/mol. The topological polar surface area (TPSA) is 80.7 Å². The number of methoxy groups -OCH3 is 4. The fraction of sp³-hybridized carbons (Fsp3) is 0.594. The number of hydrogen-bond donors (Lipinski definition) is 1. The van der Waals surface area contributed by atoms with Crippen LogP contribution in [0.25, 0.3) is 0 Å². The molecule has 3 aliphatic rings.